The number of fused-ring (bicyclic) bond motifs is 3. The second-order valence-electron chi connectivity index (χ2n) is 9.02. The zero-order valence-corrected chi connectivity index (χ0v) is 20.5. The molecule has 3 amide bonds. The molecule has 1 aliphatic heterocycles. The van der Waals surface area contributed by atoms with Crippen LogP contribution in [-0.2, 0) is 4.79 Å². The topological polar surface area (TPSA) is 83.6 Å². The lowest BCUT2D eigenvalue weighted by Crippen LogP contribution is -2.51. The fourth-order valence-electron chi connectivity index (χ4n) is 4.86. The van der Waals surface area contributed by atoms with Crippen molar-refractivity contribution in [2.45, 2.75) is 64.0 Å². The van der Waals surface area contributed by atoms with Gasteiger partial charge in [-0.2, -0.15) is 0 Å². The van der Waals surface area contributed by atoms with Crippen LogP contribution in [0.2, 0.25) is 0 Å². The van der Waals surface area contributed by atoms with Crippen molar-refractivity contribution in [3.8, 4) is 5.75 Å². The molecule has 0 bridgehead atoms. The molecule has 2 aromatic heterocycles. The molecule has 33 heavy (non-hydrogen) atoms. The standard InChI is InChI=1S/C24H30N4O3S2/c1-15-25-22-20(33-15)13-19(18-9-12-32-23(18)22)31-14-21(29)26-17-7-10-28(11-8-17)24(30)27-16-5-3-2-4-6-16/h9,12-13,16-17H,2-8,10-11,14H2,1H3,(H,26,29)(H,27,30). The van der Waals surface area contributed by atoms with Gasteiger partial charge in [-0.3, -0.25) is 4.79 Å². The average Bonchev–Trinajstić information content (AvgIpc) is 3.44. The molecule has 0 atom stereocenters. The van der Waals surface area contributed by atoms with E-state index in [2.05, 4.69) is 15.6 Å². The number of aromatic nitrogens is 1. The first kappa shape index (κ1) is 22.4. The second kappa shape index (κ2) is 9.85. The number of nitrogens with zero attached hydrogens (tertiary/aromatic N) is 2. The number of carbonyl (C=O) groups excluding carboxylic acids is 2. The Morgan fingerprint density at radius 3 is 2.67 bits per heavy atom. The Morgan fingerprint density at radius 2 is 1.88 bits per heavy atom. The molecule has 9 heteroatoms. The number of hydrogen-bond donors (Lipinski definition) is 2. The molecule has 0 radical (unpaired) electrons. The number of thiazole rings is 1. The summed E-state index contributed by atoms with van der Waals surface area (Å²) in [6.45, 7) is 3.32. The van der Waals surface area contributed by atoms with Crippen molar-refractivity contribution in [1.82, 2.24) is 20.5 Å². The number of benzene rings is 1. The number of piperidine rings is 1. The van der Waals surface area contributed by atoms with Gasteiger partial charge in [0.2, 0.25) is 0 Å². The minimum atomic E-state index is -0.121. The van der Waals surface area contributed by atoms with E-state index in [9.17, 15) is 9.59 Å². The Hall–Kier alpha value is -2.39. The highest BCUT2D eigenvalue weighted by Crippen LogP contribution is 2.38. The molecule has 1 saturated carbocycles. The third kappa shape index (κ3) is 5.09. The maximum absolute atomic E-state index is 12.6. The van der Waals surface area contributed by atoms with E-state index in [1.807, 2.05) is 29.3 Å². The van der Waals surface area contributed by atoms with E-state index in [1.165, 1.54) is 19.3 Å². The number of thiophene rings is 1. The SMILES string of the molecule is Cc1nc2c(cc(OCC(=O)NC3CCN(C(=O)NC4CCCCC4)CC3)c3ccsc32)s1. The highest BCUT2D eigenvalue weighted by molar-refractivity contribution is 7.21. The normalized spacial score (nSPS) is 18.0. The lowest BCUT2D eigenvalue weighted by Gasteiger charge is -2.34. The Balaban J connectivity index is 1.11. The zero-order chi connectivity index (χ0) is 22.8. The first-order valence-electron chi connectivity index (χ1n) is 11.8. The Kier molecular flexibility index (Phi) is 6.69. The van der Waals surface area contributed by atoms with Crippen LogP contribution in [0.3, 0.4) is 0 Å². The predicted octanol–water partition coefficient (Wildman–Crippen LogP) is 4.82. The largest absolute Gasteiger partial charge is 0.483 e. The average molecular weight is 487 g/mol. The Bertz CT molecular complexity index is 1140. The summed E-state index contributed by atoms with van der Waals surface area (Å²) in [5.74, 6) is 0.607. The lowest BCUT2D eigenvalue weighted by atomic mass is 9.95. The van der Waals surface area contributed by atoms with Crippen LogP contribution in [0.15, 0.2) is 17.5 Å². The minimum absolute atomic E-state index is 0.0172. The first-order valence-corrected chi connectivity index (χ1v) is 13.5. The number of rotatable bonds is 5. The number of carbonyl (C=O) groups is 2. The molecule has 2 fully saturated rings. The number of hydrogen-bond acceptors (Lipinski definition) is 6. The zero-order valence-electron chi connectivity index (χ0n) is 18.9. The number of amides is 3. The summed E-state index contributed by atoms with van der Waals surface area (Å²) >= 11 is 3.28. The molecule has 2 aliphatic rings. The van der Waals surface area contributed by atoms with Crippen LogP contribution in [0.1, 0.15) is 50.0 Å². The van der Waals surface area contributed by atoms with Gasteiger partial charge in [-0.05, 0) is 44.1 Å². The maximum atomic E-state index is 12.6. The third-order valence-corrected chi connectivity index (χ3v) is 8.45. The number of nitrogens with one attached hydrogen (secondary N) is 2. The van der Waals surface area contributed by atoms with Crippen LogP contribution < -0.4 is 15.4 Å². The fourth-order valence-corrected chi connectivity index (χ4v) is 6.69. The summed E-state index contributed by atoms with van der Waals surface area (Å²) in [4.78, 5) is 31.6. The summed E-state index contributed by atoms with van der Waals surface area (Å²) in [7, 11) is 0. The molecule has 7 nitrogen and oxygen atoms in total. The molecule has 1 aromatic carbocycles. The van der Waals surface area contributed by atoms with Gasteiger partial charge in [0.1, 0.15) is 5.75 Å². The van der Waals surface area contributed by atoms with E-state index in [-0.39, 0.29) is 24.6 Å². The van der Waals surface area contributed by atoms with Crippen LogP contribution in [0, 0.1) is 6.92 Å². The van der Waals surface area contributed by atoms with E-state index in [0.29, 0.717) is 19.1 Å². The first-order chi connectivity index (χ1) is 16.1. The number of ether oxygens (including phenoxy) is 1. The number of likely N-dealkylation sites (tertiary alicyclic amines) is 1. The molecule has 176 valence electrons. The Labute approximate surface area is 201 Å². The molecule has 5 rings (SSSR count). The highest BCUT2D eigenvalue weighted by Gasteiger charge is 2.26. The Morgan fingerprint density at radius 1 is 1.12 bits per heavy atom. The van der Waals surface area contributed by atoms with Crippen molar-refractivity contribution in [2.75, 3.05) is 19.7 Å². The summed E-state index contributed by atoms with van der Waals surface area (Å²) in [5.41, 5.74) is 1.01. The summed E-state index contributed by atoms with van der Waals surface area (Å²) < 4.78 is 8.12. The molecule has 1 aliphatic carbocycles. The van der Waals surface area contributed by atoms with E-state index < -0.39 is 0 Å². The molecule has 0 spiro atoms. The predicted molar refractivity (Wildman–Crippen MR) is 133 cm³/mol. The van der Waals surface area contributed by atoms with Gasteiger partial charge in [-0.1, -0.05) is 19.3 Å². The minimum Gasteiger partial charge on any atom is -0.483 e. The number of aryl methyl sites for hydroxylation is 1. The lowest BCUT2D eigenvalue weighted by molar-refractivity contribution is -0.124. The van der Waals surface area contributed by atoms with E-state index in [4.69, 9.17) is 4.74 Å². The van der Waals surface area contributed by atoms with Gasteiger partial charge in [0.05, 0.1) is 19.9 Å². The van der Waals surface area contributed by atoms with Crippen LogP contribution >= 0.6 is 22.7 Å². The monoisotopic (exact) mass is 486 g/mol. The van der Waals surface area contributed by atoms with Crippen molar-refractivity contribution in [1.29, 1.82) is 0 Å². The van der Waals surface area contributed by atoms with Gasteiger partial charge in [0, 0.05) is 36.6 Å². The van der Waals surface area contributed by atoms with Crippen molar-refractivity contribution in [3.05, 3.63) is 22.5 Å². The van der Waals surface area contributed by atoms with Crippen molar-refractivity contribution in [2.24, 2.45) is 0 Å². The van der Waals surface area contributed by atoms with Gasteiger partial charge in [-0.25, -0.2) is 9.78 Å². The highest BCUT2D eigenvalue weighted by atomic mass is 32.1. The van der Waals surface area contributed by atoms with Crippen LogP contribution in [0.4, 0.5) is 4.79 Å². The van der Waals surface area contributed by atoms with Gasteiger partial charge < -0.3 is 20.3 Å². The van der Waals surface area contributed by atoms with Crippen LogP contribution in [-0.4, -0.2) is 53.6 Å². The molecular formula is C24H30N4O3S2. The van der Waals surface area contributed by atoms with E-state index in [0.717, 1.165) is 56.7 Å². The van der Waals surface area contributed by atoms with Crippen molar-refractivity contribution < 1.29 is 14.3 Å². The second-order valence-corrected chi connectivity index (χ2v) is 11.2. The summed E-state index contributed by atoms with van der Waals surface area (Å²) in [6, 6.07) is 4.46. The quantitative estimate of drug-likeness (QED) is 0.542. The smallest absolute Gasteiger partial charge is 0.317 e. The molecule has 1 saturated heterocycles. The van der Waals surface area contributed by atoms with E-state index >= 15 is 0 Å². The van der Waals surface area contributed by atoms with Gasteiger partial charge in [0.25, 0.3) is 5.91 Å². The summed E-state index contributed by atoms with van der Waals surface area (Å²) in [6.07, 6.45) is 7.40. The molecule has 3 aromatic rings. The van der Waals surface area contributed by atoms with Gasteiger partial charge in [-0.15, -0.1) is 22.7 Å². The van der Waals surface area contributed by atoms with E-state index in [1.54, 1.807) is 22.7 Å². The summed E-state index contributed by atoms with van der Waals surface area (Å²) in [5, 5.41) is 10.3. The van der Waals surface area contributed by atoms with Crippen LogP contribution in [0.5, 0.6) is 5.75 Å². The third-order valence-electron chi connectivity index (χ3n) is 6.61. The molecule has 0 unspecified atom stereocenters. The molecule has 2 N–H and O–H groups in total. The molecule has 3 heterocycles. The van der Waals surface area contributed by atoms with Crippen LogP contribution in [0.25, 0.3) is 20.3 Å². The maximum Gasteiger partial charge on any atom is 0.317 e. The van der Waals surface area contributed by atoms with Crippen molar-refractivity contribution in [3.63, 3.8) is 0 Å². The van der Waals surface area contributed by atoms with Gasteiger partial charge >= 0.3 is 6.03 Å². The fraction of sp³-hybridized carbons (Fsp3) is 0.542. The molecular weight excluding hydrogens is 456 g/mol. The van der Waals surface area contributed by atoms with Crippen molar-refractivity contribution >= 4 is 54.9 Å². The number of urea groups is 1. The van der Waals surface area contributed by atoms with Gasteiger partial charge in [0.15, 0.2) is 6.61 Å².